The second kappa shape index (κ2) is 8.30. The third-order valence-corrected chi connectivity index (χ3v) is 6.27. The highest BCUT2D eigenvalue weighted by atomic mass is 16.5. The fourth-order valence-corrected chi connectivity index (χ4v) is 4.86. The maximum absolute atomic E-state index is 12.3. The number of amides is 1. The summed E-state index contributed by atoms with van der Waals surface area (Å²) in [5.74, 6) is 3.58. The zero-order valence-corrected chi connectivity index (χ0v) is 16.0. The predicted molar refractivity (Wildman–Crippen MR) is 100 cm³/mol. The van der Waals surface area contributed by atoms with E-state index in [1.165, 1.54) is 25.7 Å². The second-order valence-corrected chi connectivity index (χ2v) is 7.86. The number of ether oxygens (including phenoxy) is 2. The predicted octanol–water partition coefficient (Wildman–Crippen LogP) is 3.46. The van der Waals surface area contributed by atoms with Gasteiger partial charge >= 0.3 is 0 Å². The molecule has 0 heterocycles. The van der Waals surface area contributed by atoms with Gasteiger partial charge in [0.2, 0.25) is 5.91 Å². The SMILES string of the molecule is COc1ccc(C(O)CCC(=O)NC(C)C2CC3CCC2C3)c(OC)c1. The summed E-state index contributed by atoms with van der Waals surface area (Å²) < 4.78 is 10.5. The summed E-state index contributed by atoms with van der Waals surface area (Å²) in [5.41, 5.74) is 0.683. The van der Waals surface area contributed by atoms with Gasteiger partial charge in [-0.25, -0.2) is 0 Å². The number of carbonyl (C=O) groups excluding carboxylic acids is 1. The molecule has 2 aliphatic carbocycles. The normalized spacial score (nSPS) is 26.4. The first-order valence-corrected chi connectivity index (χ1v) is 9.71. The van der Waals surface area contributed by atoms with Crippen LogP contribution in [0.2, 0.25) is 0 Å². The Morgan fingerprint density at radius 3 is 2.69 bits per heavy atom. The fraction of sp³-hybridized carbons (Fsp3) is 0.667. The molecule has 0 radical (unpaired) electrons. The van der Waals surface area contributed by atoms with Crippen molar-refractivity contribution < 1.29 is 19.4 Å². The molecule has 2 bridgehead atoms. The van der Waals surface area contributed by atoms with Crippen LogP contribution in [-0.2, 0) is 4.79 Å². The van der Waals surface area contributed by atoms with Crippen LogP contribution in [0, 0.1) is 17.8 Å². The molecule has 3 rings (SSSR count). The molecule has 0 saturated heterocycles. The third-order valence-electron chi connectivity index (χ3n) is 6.27. The Morgan fingerprint density at radius 1 is 1.27 bits per heavy atom. The van der Waals surface area contributed by atoms with Crippen molar-refractivity contribution in [3.8, 4) is 11.5 Å². The van der Waals surface area contributed by atoms with Crippen molar-refractivity contribution in [2.45, 2.75) is 57.6 Å². The van der Waals surface area contributed by atoms with Crippen LogP contribution in [-0.4, -0.2) is 31.3 Å². The number of fused-ring (bicyclic) bond motifs is 2. The van der Waals surface area contributed by atoms with Gasteiger partial charge in [-0.2, -0.15) is 0 Å². The summed E-state index contributed by atoms with van der Waals surface area (Å²) in [6.45, 7) is 2.13. The van der Waals surface area contributed by atoms with Crippen molar-refractivity contribution in [3.63, 3.8) is 0 Å². The van der Waals surface area contributed by atoms with Gasteiger partial charge in [-0.05, 0) is 62.5 Å². The topological polar surface area (TPSA) is 67.8 Å². The van der Waals surface area contributed by atoms with Crippen molar-refractivity contribution in [2.24, 2.45) is 17.8 Å². The largest absolute Gasteiger partial charge is 0.497 e. The molecule has 0 aliphatic heterocycles. The lowest BCUT2D eigenvalue weighted by atomic mass is 9.84. The highest BCUT2D eigenvalue weighted by Crippen LogP contribution is 2.49. The van der Waals surface area contributed by atoms with Crippen LogP contribution >= 0.6 is 0 Å². The fourth-order valence-electron chi connectivity index (χ4n) is 4.86. The standard InChI is InChI=1S/C21H31NO4/c1-13(18-11-14-4-5-15(18)10-14)22-21(24)9-8-19(23)17-7-6-16(25-2)12-20(17)26-3/h6-7,12-15,18-19,23H,4-5,8-11H2,1-3H3,(H,22,24). The number of hydrogen-bond donors (Lipinski definition) is 2. The van der Waals surface area contributed by atoms with E-state index in [0.29, 0.717) is 35.8 Å². The molecule has 2 fully saturated rings. The molecule has 144 valence electrons. The lowest BCUT2D eigenvalue weighted by Crippen LogP contribution is -2.40. The van der Waals surface area contributed by atoms with Gasteiger partial charge < -0.3 is 19.9 Å². The maximum Gasteiger partial charge on any atom is 0.220 e. The summed E-state index contributed by atoms with van der Waals surface area (Å²) >= 11 is 0. The van der Waals surface area contributed by atoms with E-state index in [0.717, 1.165) is 11.8 Å². The Bertz CT molecular complexity index is 632. The smallest absolute Gasteiger partial charge is 0.220 e. The van der Waals surface area contributed by atoms with Gasteiger partial charge in [0.05, 0.1) is 20.3 Å². The van der Waals surface area contributed by atoms with Gasteiger partial charge in [-0.15, -0.1) is 0 Å². The van der Waals surface area contributed by atoms with Crippen LogP contribution in [0.4, 0.5) is 0 Å². The van der Waals surface area contributed by atoms with Crippen molar-refractivity contribution in [2.75, 3.05) is 14.2 Å². The Balaban J connectivity index is 1.49. The van der Waals surface area contributed by atoms with Crippen LogP contribution in [0.15, 0.2) is 18.2 Å². The first kappa shape index (κ1) is 19.0. The first-order valence-electron chi connectivity index (χ1n) is 9.71. The minimum Gasteiger partial charge on any atom is -0.497 e. The van der Waals surface area contributed by atoms with Crippen LogP contribution in [0.5, 0.6) is 11.5 Å². The number of methoxy groups -OCH3 is 2. The van der Waals surface area contributed by atoms with Crippen molar-refractivity contribution in [1.82, 2.24) is 5.32 Å². The number of rotatable bonds is 8. The van der Waals surface area contributed by atoms with Crippen molar-refractivity contribution in [3.05, 3.63) is 23.8 Å². The van der Waals surface area contributed by atoms with E-state index in [-0.39, 0.29) is 11.9 Å². The van der Waals surface area contributed by atoms with Crippen molar-refractivity contribution in [1.29, 1.82) is 0 Å². The molecular formula is C21H31NO4. The number of hydrogen-bond acceptors (Lipinski definition) is 4. The van der Waals surface area contributed by atoms with Gasteiger partial charge in [0.15, 0.2) is 0 Å². The Labute approximate surface area is 156 Å². The molecular weight excluding hydrogens is 330 g/mol. The summed E-state index contributed by atoms with van der Waals surface area (Å²) in [6.07, 6.45) is 5.25. The average Bonchev–Trinajstić information content (AvgIpc) is 3.29. The van der Waals surface area contributed by atoms with Crippen LogP contribution in [0.25, 0.3) is 0 Å². The first-order chi connectivity index (χ1) is 12.5. The van der Waals surface area contributed by atoms with E-state index in [2.05, 4.69) is 12.2 Å². The number of benzene rings is 1. The Morgan fingerprint density at radius 2 is 2.08 bits per heavy atom. The minimum atomic E-state index is -0.737. The van der Waals surface area contributed by atoms with Gasteiger partial charge in [0.25, 0.3) is 0 Å². The molecule has 26 heavy (non-hydrogen) atoms. The molecule has 0 aromatic heterocycles. The molecule has 1 aromatic carbocycles. The molecule has 2 N–H and O–H groups in total. The molecule has 2 saturated carbocycles. The van der Waals surface area contributed by atoms with E-state index in [1.807, 2.05) is 0 Å². The number of aliphatic hydroxyl groups excluding tert-OH is 1. The van der Waals surface area contributed by atoms with Gasteiger partial charge in [0.1, 0.15) is 11.5 Å². The zero-order chi connectivity index (χ0) is 18.7. The molecule has 5 nitrogen and oxygen atoms in total. The minimum absolute atomic E-state index is 0.0202. The van der Waals surface area contributed by atoms with Crippen LogP contribution in [0.1, 0.15) is 57.1 Å². The Kier molecular flexibility index (Phi) is 6.07. The van der Waals surface area contributed by atoms with Crippen LogP contribution < -0.4 is 14.8 Å². The van der Waals surface area contributed by atoms with E-state index in [9.17, 15) is 9.90 Å². The van der Waals surface area contributed by atoms with E-state index in [1.54, 1.807) is 32.4 Å². The van der Waals surface area contributed by atoms with E-state index < -0.39 is 6.10 Å². The van der Waals surface area contributed by atoms with Crippen molar-refractivity contribution >= 4 is 5.91 Å². The average molecular weight is 361 g/mol. The monoisotopic (exact) mass is 361 g/mol. The third kappa shape index (κ3) is 4.14. The molecule has 1 amide bonds. The lowest BCUT2D eigenvalue weighted by molar-refractivity contribution is -0.122. The summed E-state index contributed by atoms with van der Waals surface area (Å²) in [7, 11) is 3.15. The summed E-state index contributed by atoms with van der Waals surface area (Å²) in [4.78, 5) is 12.3. The molecule has 5 atom stereocenters. The number of aliphatic hydroxyl groups is 1. The summed E-state index contributed by atoms with van der Waals surface area (Å²) in [6, 6.07) is 5.55. The summed E-state index contributed by atoms with van der Waals surface area (Å²) in [5, 5.41) is 13.6. The molecule has 2 aliphatic rings. The molecule has 1 aromatic rings. The van der Waals surface area contributed by atoms with E-state index in [4.69, 9.17) is 9.47 Å². The second-order valence-electron chi connectivity index (χ2n) is 7.86. The maximum atomic E-state index is 12.3. The molecule has 0 spiro atoms. The molecule has 5 heteroatoms. The van der Waals surface area contributed by atoms with Gasteiger partial charge in [0, 0.05) is 24.1 Å². The number of nitrogens with one attached hydrogen (secondary N) is 1. The van der Waals surface area contributed by atoms with Crippen LogP contribution in [0.3, 0.4) is 0 Å². The lowest BCUT2D eigenvalue weighted by Gasteiger charge is -2.28. The Hall–Kier alpha value is -1.75. The van der Waals surface area contributed by atoms with Gasteiger partial charge in [-0.1, -0.05) is 6.42 Å². The van der Waals surface area contributed by atoms with Gasteiger partial charge in [-0.3, -0.25) is 4.79 Å². The highest BCUT2D eigenvalue weighted by Gasteiger charge is 2.42. The molecule has 5 unspecified atom stereocenters. The quantitative estimate of drug-likeness (QED) is 0.744. The van der Waals surface area contributed by atoms with E-state index >= 15 is 0 Å². The highest BCUT2D eigenvalue weighted by molar-refractivity contribution is 5.76. The number of carbonyl (C=O) groups is 1. The zero-order valence-electron chi connectivity index (χ0n) is 16.0.